The van der Waals surface area contributed by atoms with Crippen LogP contribution in [0.15, 0.2) is 36.4 Å². The Morgan fingerprint density at radius 2 is 1.50 bits per heavy atom. The number of aromatic hydroxyl groups is 2. The van der Waals surface area contributed by atoms with Crippen LogP contribution in [-0.4, -0.2) is 29.2 Å². The van der Waals surface area contributed by atoms with Gasteiger partial charge in [-0.2, -0.15) is 0 Å². The first kappa shape index (κ1) is 23.6. The highest BCUT2D eigenvalue weighted by Gasteiger charge is 2.20. The Bertz CT molecular complexity index is 800. The molecule has 0 bridgehead atoms. The van der Waals surface area contributed by atoms with Crippen LogP contribution < -0.4 is 9.47 Å². The Morgan fingerprint density at radius 1 is 0.833 bits per heavy atom. The monoisotopic (exact) mass is 414 g/mol. The highest BCUT2D eigenvalue weighted by Crippen LogP contribution is 2.39. The van der Waals surface area contributed by atoms with E-state index in [-0.39, 0.29) is 28.6 Å². The first-order chi connectivity index (χ1) is 14.6. The lowest BCUT2D eigenvalue weighted by Crippen LogP contribution is -2.05. The Balaban J connectivity index is 2.07. The zero-order chi connectivity index (χ0) is 21.8. The van der Waals surface area contributed by atoms with Crippen LogP contribution >= 0.6 is 0 Å². The van der Waals surface area contributed by atoms with Crippen LogP contribution in [0.4, 0.5) is 0 Å². The number of carbonyl (C=O) groups excluding carboxylic acids is 1. The lowest BCUT2D eigenvalue weighted by Gasteiger charge is -2.13. The molecule has 0 heterocycles. The summed E-state index contributed by atoms with van der Waals surface area (Å²) in [7, 11) is 0. The third kappa shape index (κ3) is 6.97. The molecule has 0 aromatic heterocycles. The van der Waals surface area contributed by atoms with Crippen LogP contribution in [0.5, 0.6) is 23.0 Å². The number of ketones is 1. The van der Waals surface area contributed by atoms with Crippen LogP contribution in [0.25, 0.3) is 0 Å². The van der Waals surface area contributed by atoms with Crippen molar-refractivity contribution in [1.82, 2.24) is 0 Å². The smallest absolute Gasteiger partial charge is 0.203 e. The fraction of sp³-hybridized carbons (Fsp3) is 0.480. The molecule has 0 spiro atoms. The van der Waals surface area contributed by atoms with E-state index in [9.17, 15) is 15.0 Å². The molecule has 0 amide bonds. The summed E-state index contributed by atoms with van der Waals surface area (Å²) >= 11 is 0. The van der Waals surface area contributed by atoms with Gasteiger partial charge in [-0.15, -0.1) is 0 Å². The standard InChI is InChI=1S/C25H34O5/c1-3-5-7-9-16-29-20-13-11-12-19(18-20)23(27)21-14-15-22(26)25(24(21)28)30-17-10-8-6-4-2/h11-15,18,26,28H,3-10,16-17H2,1-2H3. The maximum atomic E-state index is 13.0. The van der Waals surface area contributed by atoms with Gasteiger partial charge >= 0.3 is 0 Å². The summed E-state index contributed by atoms with van der Waals surface area (Å²) in [5, 5.41) is 20.6. The molecule has 0 radical (unpaired) electrons. The second-order valence-corrected chi connectivity index (χ2v) is 7.49. The first-order valence-electron chi connectivity index (χ1n) is 11.0. The van der Waals surface area contributed by atoms with Crippen LogP contribution in [0.2, 0.25) is 0 Å². The van der Waals surface area contributed by atoms with E-state index in [0.29, 0.717) is 24.5 Å². The van der Waals surface area contributed by atoms with E-state index in [1.807, 2.05) is 6.07 Å². The van der Waals surface area contributed by atoms with Crippen molar-refractivity contribution in [3.63, 3.8) is 0 Å². The van der Waals surface area contributed by atoms with Crippen molar-refractivity contribution in [3.05, 3.63) is 47.5 Å². The van der Waals surface area contributed by atoms with Gasteiger partial charge in [0.15, 0.2) is 17.3 Å². The highest BCUT2D eigenvalue weighted by atomic mass is 16.5. The number of benzene rings is 2. The normalized spacial score (nSPS) is 10.7. The SMILES string of the molecule is CCCCCCOc1cccc(C(=O)c2ccc(O)c(OCCCCCC)c2O)c1. The molecule has 30 heavy (non-hydrogen) atoms. The van der Waals surface area contributed by atoms with Crippen LogP contribution in [0.1, 0.15) is 81.1 Å². The van der Waals surface area contributed by atoms with Gasteiger partial charge in [0.05, 0.1) is 18.8 Å². The molecule has 0 aliphatic heterocycles. The largest absolute Gasteiger partial charge is 0.504 e. The van der Waals surface area contributed by atoms with Gasteiger partial charge < -0.3 is 19.7 Å². The van der Waals surface area contributed by atoms with Crippen molar-refractivity contribution in [1.29, 1.82) is 0 Å². The second-order valence-electron chi connectivity index (χ2n) is 7.49. The molecule has 5 heteroatoms. The van der Waals surface area contributed by atoms with Crippen LogP contribution in [0, 0.1) is 0 Å². The Morgan fingerprint density at radius 3 is 2.17 bits per heavy atom. The number of carbonyl (C=O) groups is 1. The maximum absolute atomic E-state index is 13.0. The van der Waals surface area contributed by atoms with E-state index in [0.717, 1.165) is 38.5 Å². The van der Waals surface area contributed by atoms with Gasteiger partial charge in [-0.3, -0.25) is 4.79 Å². The highest BCUT2D eigenvalue weighted by molar-refractivity contribution is 6.11. The number of phenols is 2. The van der Waals surface area contributed by atoms with Crippen molar-refractivity contribution < 1.29 is 24.5 Å². The topological polar surface area (TPSA) is 76.0 Å². The number of unbranched alkanes of at least 4 members (excludes halogenated alkanes) is 6. The zero-order valence-electron chi connectivity index (χ0n) is 18.2. The minimum atomic E-state index is -0.347. The number of hydrogen-bond acceptors (Lipinski definition) is 5. The van der Waals surface area contributed by atoms with Gasteiger partial charge in [0, 0.05) is 5.56 Å². The summed E-state index contributed by atoms with van der Waals surface area (Å²) in [6.07, 6.45) is 8.51. The van der Waals surface area contributed by atoms with Crippen molar-refractivity contribution >= 4 is 5.78 Å². The van der Waals surface area contributed by atoms with Gasteiger partial charge in [-0.05, 0) is 37.1 Å². The molecule has 2 rings (SSSR count). The lowest BCUT2D eigenvalue weighted by molar-refractivity contribution is 0.103. The average Bonchev–Trinajstić information content (AvgIpc) is 2.75. The van der Waals surface area contributed by atoms with E-state index >= 15 is 0 Å². The van der Waals surface area contributed by atoms with E-state index in [4.69, 9.17) is 9.47 Å². The van der Waals surface area contributed by atoms with Crippen molar-refractivity contribution in [2.24, 2.45) is 0 Å². The average molecular weight is 415 g/mol. The molecule has 5 nitrogen and oxygen atoms in total. The summed E-state index contributed by atoms with van der Waals surface area (Å²) in [6, 6.07) is 9.73. The van der Waals surface area contributed by atoms with Crippen LogP contribution in [-0.2, 0) is 0 Å². The molecule has 0 saturated carbocycles. The second kappa shape index (κ2) is 12.8. The fourth-order valence-corrected chi connectivity index (χ4v) is 3.19. The van der Waals surface area contributed by atoms with Gasteiger partial charge in [-0.25, -0.2) is 0 Å². The first-order valence-corrected chi connectivity index (χ1v) is 11.0. The van der Waals surface area contributed by atoms with Gasteiger partial charge in [-0.1, -0.05) is 64.5 Å². The number of rotatable bonds is 14. The summed E-state index contributed by atoms with van der Waals surface area (Å²) in [5.74, 6) is -0.270. The number of phenolic OH excluding ortho intramolecular Hbond substituents is 2. The van der Waals surface area contributed by atoms with Gasteiger partial charge in [0.2, 0.25) is 5.75 Å². The summed E-state index contributed by atoms with van der Waals surface area (Å²) < 4.78 is 11.3. The Hall–Kier alpha value is -2.69. The van der Waals surface area contributed by atoms with E-state index in [1.54, 1.807) is 18.2 Å². The summed E-state index contributed by atoms with van der Waals surface area (Å²) in [4.78, 5) is 13.0. The molecule has 164 valence electrons. The summed E-state index contributed by atoms with van der Waals surface area (Å²) in [6.45, 7) is 5.27. The third-order valence-electron chi connectivity index (χ3n) is 4.96. The molecule has 2 aromatic rings. The van der Waals surface area contributed by atoms with Crippen molar-refractivity contribution in [2.75, 3.05) is 13.2 Å². The fourth-order valence-electron chi connectivity index (χ4n) is 3.19. The van der Waals surface area contributed by atoms with Gasteiger partial charge in [0.25, 0.3) is 0 Å². The quantitative estimate of drug-likeness (QED) is 0.282. The molecule has 2 aromatic carbocycles. The minimum absolute atomic E-state index is 0.0410. The van der Waals surface area contributed by atoms with E-state index in [2.05, 4.69) is 13.8 Å². The van der Waals surface area contributed by atoms with Crippen molar-refractivity contribution in [2.45, 2.75) is 65.2 Å². The molecule has 2 N–H and O–H groups in total. The van der Waals surface area contributed by atoms with Gasteiger partial charge in [0.1, 0.15) is 5.75 Å². The molecule has 0 aliphatic rings. The van der Waals surface area contributed by atoms with Crippen molar-refractivity contribution in [3.8, 4) is 23.0 Å². The van der Waals surface area contributed by atoms with E-state index < -0.39 is 0 Å². The molecular formula is C25H34O5. The summed E-state index contributed by atoms with van der Waals surface area (Å²) in [5.41, 5.74) is 0.507. The predicted molar refractivity (Wildman–Crippen MR) is 119 cm³/mol. The number of ether oxygens (including phenoxy) is 2. The zero-order valence-corrected chi connectivity index (χ0v) is 18.2. The molecular weight excluding hydrogens is 380 g/mol. The minimum Gasteiger partial charge on any atom is -0.504 e. The maximum Gasteiger partial charge on any atom is 0.203 e. The lowest BCUT2D eigenvalue weighted by atomic mass is 10.0. The third-order valence-corrected chi connectivity index (χ3v) is 4.96. The molecule has 0 fully saturated rings. The molecule has 0 unspecified atom stereocenters. The number of hydrogen-bond donors (Lipinski definition) is 2. The Labute approximate surface area is 179 Å². The molecule has 0 saturated heterocycles. The van der Waals surface area contributed by atoms with E-state index in [1.165, 1.54) is 25.0 Å². The molecule has 0 aliphatic carbocycles. The van der Waals surface area contributed by atoms with Crippen LogP contribution in [0.3, 0.4) is 0 Å². The Kier molecular flexibility index (Phi) is 10.1. The molecule has 0 atom stereocenters. The predicted octanol–water partition coefficient (Wildman–Crippen LogP) is 6.25.